The largest absolute Gasteiger partial charge is 0.439 e. The average Bonchev–Trinajstić information content (AvgIpc) is 3.03. The van der Waals surface area contributed by atoms with Crippen molar-refractivity contribution in [3.8, 4) is 0 Å². The normalized spacial score (nSPS) is 24.0. The van der Waals surface area contributed by atoms with Gasteiger partial charge in [0, 0.05) is 20.5 Å². The van der Waals surface area contributed by atoms with Gasteiger partial charge in [0.1, 0.15) is 10.5 Å². The molecule has 124 valence electrons. The third kappa shape index (κ3) is 3.14. The fourth-order valence-corrected chi connectivity index (χ4v) is 3.84. The van der Waals surface area contributed by atoms with E-state index < -0.39 is 5.60 Å². The summed E-state index contributed by atoms with van der Waals surface area (Å²) in [7, 11) is 1.70. The number of hydrogen-bond acceptors (Lipinski definition) is 6. The van der Waals surface area contributed by atoms with Crippen molar-refractivity contribution in [3.05, 3.63) is 11.1 Å². The number of nitrogens with one attached hydrogen (secondary N) is 1. The first-order valence-electron chi connectivity index (χ1n) is 7.35. The van der Waals surface area contributed by atoms with Crippen molar-refractivity contribution in [3.63, 3.8) is 0 Å². The topological polar surface area (TPSA) is 91.8 Å². The fourth-order valence-electron chi connectivity index (χ4n) is 3.01. The first-order valence-corrected chi connectivity index (χ1v) is 8.17. The summed E-state index contributed by atoms with van der Waals surface area (Å²) >= 11 is 1.14. The highest BCUT2D eigenvalue weighted by molar-refractivity contribution is 7.17. The Morgan fingerprint density at radius 3 is 2.87 bits per heavy atom. The summed E-state index contributed by atoms with van der Waals surface area (Å²) in [6.07, 6.45) is 2.66. The molecule has 3 amide bonds. The Bertz CT molecular complexity index is 661. The van der Waals surface area contributed by atoms with Gasteiger partial charge in [-0.3, -0.25) is 9.59 Å². The molecule has 1 aromatic rings. The highest BCUT2D eigenvalue weighted by atomic mass is 32.1. The van der Waals surface area contributed by atoms with Crippen molar-refractivity contribution in [1.29, 1.82) is 0 Å². The number of ether oxygens (including phenoxy) is 1. The van der Waals surface area contributed by atoms with Gasteiger partial charge in [-0.2, -0.15) is 0 Å². The van der Waals surface area contributed by atoms with Crippen LogP contribution >= 0.6 is 11.3 Å². The average molecular weight is 338 g/mol. The quantitative estimate of drug-likeness (QED) is 0.873. The molecule has 3 heterocycles. The van der Waals surface area contributed by atoms with E-state index in [9.17, 15) is 14.4 Å². The third-order valence-corrected chi connectivity index (χ3v) is 4.87. The van der Waals surface area contributed by atoms with Crippen LogP contribution in [0.25, 0.3) is 0 Å². The number of nitrogens with zero attached hydrogens (tertiary/aromatic N) is 3. The Morgan fingerprint density at radius 1 is 1.43 bits per heavy atom. The van der Waals surface area contributed by atoms with Gasteiger partial charge in [0.2, 0.25) is 5.91 Å². The molecule has 2 aliphatic rings. The molecule has 1 N–H and O–H groups in total. The van der Waals surface area contributed by atoms with E-state index in [0.29, 0.717) is 29.6 Å². The van der Waals surface area contributed by atoms with E-state index in [2.05, 4.69) is 10.3 Å². The van der Waals surface area contributed by atoms with E-state index >= 15 is 0 Å². The molecular formula is C14H18N4O4S. The number of hydrogen-bond donors (Lipinski definition) is 1. The van der Waals surface area contributed by atoms with E-state index in [1.807, 2.05) is 0 Å². The third-order valence-electron chi connectivity index (χ3n) is 3.97. The van der Waals surface area contributed by atoms with E-state index in [0.717, 1.165) is 24.2 Å². The van der Waals surface area contributed by atoms with E-state index in [1.54, 1.807) is 11.9 Å². The molecule has 9 heteroatoms. The Morgan fingerprint density at radius 2 is 2.22 bits per heavy atom. The van der Waals surface area contributed by atoms with Crippen LogP contribution in [0.5, 0.6) is 0 Å². The van der Waals surface area contributed by atoms with Gasteiger partial charge in [-0.1, -0.05) is 11.3 Å². The first-order chi connectivity index (χ1) is 10.9. The highest BCUT2D eigenvalue weighted by Crippen LogP contribution is 2.32. The minimum absolute atomic E-state index is 0.149. The van der Waals surface area contributed by atoms with Gasteiger partial charge < -0.3 is 19.9 Å². The van der Waals surface area contributed by atoms with Crippen LogP contribution < -0.4 is 5.32 Å². The number of thiazole rings is 1. The zero-order valence-corrected chi connectivity index (χ0v) is 13.8. The molecule has 3 rings (SSSR count). The molecule has 2 saturated heterocycles. The molecule has 0 unspecified atom stereocenters. The van der Waals surface area contributed by atoms with Crippen molar-refractivity contribution in [2.24, 2.45) is 0 Å². The zero-order chi connectivity index (χ0) is 16.6. The molecule has 0 radical (unpaired) electrons. The maximum atomic E-state index is 12.6. The molecule has 1 atom stereocenters. The lowest BCUT2D eigenvalue weighted by atomic mass is 9.92. The van der Waals surface area contributed by atoms with E-state index in [-0.39, 0.29) is 17.9 Å². The molecule has 23 heavy (non-hydrogen) atoms. The molecular weight excluding hydrogens is 320 g/mol. The monoisotopic (exact) mass is 338 g/mol. The lowest BCUT2D eigenvalue weighted by Crippen LogP contribution is -2.52. The van der Waals surface area contributed by atoms with Crippen LogP contribution in [-0.4, -0.2) is 65.0 Å². The predicted octanol–water partition coefficient (Wildman–Crippen LogP) is 1.16. The second kappa shape index (κ2) is 5.80. The van der Waals surface area contributed by atoms with Gasteiger partial charge in [0.05, 0.1) is 19.3 Å². The summed E-state index contributed by atoms with van der Waals surface area (Å²) in [6, 6.07) is 0. The summed E-state index contributed by atoms with van der Waals surface area (Å²) in [5.74, 6) is -0.375. The summed E-state index contributed by atoms with van der Waals surface area (Å²) in [4.78, 5) is 43.0. The second-order valence-corrected chi connectivity index (χ2v) is 6.98. The number of piperidine rings is 1. The van der Waals surface area contributed by atoms with Crippen molar-refractivity contribution in [1.82, 2.24) is 14.8 Å². The Labute approximate surface area is 137 Å². The van der Waals surface area contributed by atoms with Crippen LogP contribution in [0.15, 0.2) is 6.20 Å². The summed E-state index contributed by atoms with van der Waals surface area (Å²) in [6.45, 7) is 2.89. The Balaban J connectivity index is 1.71. The molecule has 0 bridgehead atoms. The van der Waals surface area contributed by atoms with Crippen LogP contribution in [0.4, 0.5) is 9.93 Å². The SMILES string of the molecule is CC(=O)Nc1ncc(C(=O)N2CCC[C@]3(CN(C)C(=O)O3)C2)s1. The standard InChI is InChI=1S/C14H18N4O4S/c1-9(19)16-12-15-6-10(23-12)11(20)18-5-3-4-14(8-18)7-17(2)13(21)22-14/h6H,3-5,7-8H2,1-2H3,(H,15,16,19)/t14-/m0/s1. The predicted molar refractivity (Wildman–Crippen MR) is 83.4 cm³/mol. The van der Waals surface area contributed by atoms with Crippen LogP contribution in [0.3, 0.4) is 0 Å². The molecule has 1 aromatic heterocycles. The molecule has 2 aliphatic heterocycles. The van der Waals surface area contributed by atoms with Crippen molar-refractivity contribution >= 4 is 34.4 Å². The van der Waals surface area contributed by atoms with E-state index in [1.165, 1.54) is 18.0 Å². The minimum Gasteiger partial charge on any atom is -0.439 e. The number of amides is 3. The summed E-state index contributed by atoms with van der Waals surface area (Å²) < 4.78 is 5.50. The number of likely N-dealkylation sites (N-methyl/N-ethyl adjacent to an activating group) is 1. The molecule has 0 aliphatic carbocycles. The molecule has 8 nitrogen and oxygen atoms in total. The smallest absolute Gasteiger partial charge is 0.410 e. The zero-order valence-electron chi connectivity index (χ0n) is 13.0. The van der Waals surface area contributed by atoms with Crippen molar-refractivity contribution < 1.29 is 19.1 Å². The van der Waals surface area contributed by atoms with E-state index in [4.69, 9.17) is 4.74 Å². The van der Waals surface area contributed by atoms with Crippen LogP contribution in [0.2, 0.25) is 0 Å². The molecule has 2 fully saturated rings. The number of rotatable bonds is 2. The number of anilines is 1. The van der Waals surface area contributed by atoms with Gasteiger partial charge in [0.15, 0.2) is 5.13 Å². The molecule has 1 spiro atoms. The minimum atomic E-state index is -0.606. The van der Waals surface area contributed by atoms with Crippen molar-refractivity contribution in [2.75, 3.05) is 32.0 Å². The maximum absolute atomic E-state index is 12.6. The Hall–Kier alpha value is -2.16. The van der Waals surface area contributed by atoms with Gasteiger partial charge in [-0.15, -0.1) is 0 Å². The Kier molecular flexibility index (Phi) is 3.97. The summed E-state index contributed by atoms with van der Waals surface area (Å²) in [5.41, 5.74) is -0.606. The summed E-state index contributed by atoms with van der Waals surface area (Å²) in [5, 5.41) is 2.97. The molecule has 0 saturated carbocycles. The first kappa shape index (κ1) is 15.7. The second-order valence-electron chi connectivity index (χ2n) is 5.95. The number of aromatic nitrogens is 1. The van der Waals surface area contributed by atoms with Crippen LogP contribution in [-0.2, 0) is 9.53 Å². The number of carbonyl (C=O) groups excluding carboxylic acids is 3. The lowest BCUT2D eigenvalue weighted by molar-refractivity contribution is -0.114. The number of likely N-dealkylation sites (tertiary alicyclic amines) is 1. The van der Waals surface area contributed by atoms with Crippen LogP contribution in [0.1, 0.15) is 29.4 Å². The lowest BCUT2D eigenvalue weighted by Gasteiger charge is -2.38. The van der Waals surface area contributed by atoms with Gasteiger partial charge in [0.25, 0.3) is 5.91 Å². The van der Waals surface area contributed by atoms with Gasteiger partial charge >= 0.3 is 6.09 Å². The van der Waals surface area contributed by atoms with Gasteiger partial charge in [-0.25, -0.2) is 9.78 Å². The maximum Gasteiger partial charge on any atom is 0.410 e. The van der Waals surface area contributed by atoms with Crippen LogP contribution in [0, 0.1) is 0 Å². The fraction of sp³-hybridized carbons (Fsp3) is 0.571. The van der Waals surface area contributed by atoms with Gasteiger partial charge in [-0.05, 0) is 12.8 Å². The molecule has 0 aromatic carbocycles. The van der Waals surface area contributed by atoms with Crippen molar-refractivity contribution in [2.45, 2.75) is 25.4 Å². The number of carbonyl (C=O) groups is 3. The highest BCUT2D eigenvalue weighted by Gasteiger charge is 2.47.